The molecule has 1 aliphatic rings. The molecule has 0 aliphatic heterocycles. The van der Waals surface area contributed by atoms with Crippen molar-refractivity contribution >= 4 is 0 Å². The first-order chi connectivity index (χ1) is 7.27. The maximum absolute atomic E-state index is 9.89. The highest BCUT2D eigenvalue weighted by Gasteiger charge is 2.24. The maximum atomic E-state index is 9.89. The number of aliphatic hydroxyl groups is 1. The summed E-state index contributed by atoms with van der Waals surface area (Å²) in [5.41, 5.74) is 0. The Morgan fingerprint density at radius 2 is 1.73 bits per heavy atom. The predicted octanol–water partition coefficient (Wildman–Crippen LogP) is 2.85. The zero-order chi connectivity index (χ0) is 11.1. The zero-order valence-electron chi connectivity index (χ0n) is 10.3. The molecule has 1 saturated carbocycles. The van der Waals surface area contributed by atoms with Crippen LogP contribution in [0.3, 0.4) is 0 Å². The quantitative estimate of drug-likeness (QED) is 0.711. The fraction of sp³-hybridized carbons (Fsp3) is 1.00. The van der Waals surface area contributed by atoms with Gasteiger partial charge in [-0.15, -0.1) is 0 Å². The third-order valence-corrected chi connectivity index (χ3v) is 3.45. The monoisotopic (exact) mass is 213 g/mol. The molecule has 1 rings (SSSR count). The lowest BCUT2D eigenvalue weighted by Gasteiger charge is -2.32. The average Bonchev–Trinajstić information content (AvgIpc) is 2.22. The van der Waals surface area contributed by atoms with Crippen molar-refractivity contribution in [3.05, 3.63) is 0 Å². The zero-order valence-corrected chi connectivity index (χ0v) is 10.3. The van der Waals surface area contributed by atoms with Crippen LogP contribution in [0.5, 0.6) is 0 Å². The van der Waals surface area contributed by atoms with Crippen LogP contribution in [0.2, 0.25) is 0 Å². The minimum Gasteiger partial charge on any atom is -0.392 e. The highest BCUT2D eigenvalue weighted by Crippen LogP contribution is 2.20. The van der Waals surface area contributed by atoms with Crippen LogP contribution in [0.25, 0.3) is 0 Å². The fourth-order valence-corrected chi connectivity index (χ4v) is 2.62. The molecule has 90 valence electrons. The molecule has 2 N–H and O–H groups in total. The van der Waals surface area contributed by atoms with Crippen molar-refractivity contribution in [3.8, 4) is 0 Å². The van der Waals surface area contributed by atoms with Gasteiger partial charge in [-0.3, -0.25) is 0 Å². The van der Waals surface area contributed by atoms with Gasteiger partial charge in [0, 0.05) is 12.1 Å². The van der Waals surface area contributed by atoms with Gasteiger partial charge in [0.15, 0.2) is 0 Å². The number of aliphatic hydroxyl groups excluding tert-OH is 1. The van der Waals surface area contributed by atoms with Crippen LogP contribution in [0, 0.1) is 0 Å². The van der Waals surface area contributed by atoms with Gasteiger partial charge in [0.1, 0.15) is 0 Å². The van der Waals surface area contributed by atoms with Crippen LogP contribution in [0.1, 0.15) is 65.2 Å². The SMILES string of the molecule is CCCC(CCC)N[C@H]1CCCC[C@H]1O. The molecule has 2 heteroatoms. The van der Waals surface area contributed by atoms with Gasteiger partial charge in [0.05, 0.1) is 6.10 Å². The summed E-state index contributed by atoms with van der Waals surface area (Å²) in [6.07, 6.45) is 9.49. The van der Waals surface area contributed by atoms with Gasteiger partial charge in [-0.1, -0.05) is 39.5 Å². The average molecular weight is 213 g/mol. The molecule has 15 heavy (non-hydrogen) atoms. The second-order valence-electron chi connectivity index (χ2n) is 4.90. The van der Waals surface area contributed by atoms with E-state index in [4.69, 9.17) is 0 Å². The van der Waals surface area contributed by atoms with Crippen LogP contribution in [0.4, 0.5) is 0 Å². The smallest absolute Gasteiger partial charge is 0.0693 e. The Bertz CT molecular complexity index is 155. The van der Waals surface area contributed by atoms with E-state index in [1.54, 1.807) is 0 Å². The van der Waals surface area contributed by atoms with Crippen LogP contribution in [0.15, 0.2) is 0 Å². The molecule has 0 saturated heterocycles. The van der Waals surface area contributed by atoms with Gasteiger partial charge >= 0.3 is 0 Å². The summed E-state index contributed by atoms with van der Waals surface area (Å²) in [6.45, 7) is 4.48. The molecule has 0 aromatic heterocycles. The maximum Gasteiger partial charge on any atom is 0.0693 e. The molecule has 0 heterocycles. The van der Waals surface area contributed by atoms with Crippen molar-refractivity contribution in [2.75, 3.05) is 0 Å². The largest absolute Gasteiger partial charge is 0.392 e. The molecule has 1 aliphatic carbocycles. The Morgan fingerprint density at radius 1 is 1.13 bits per heavy atom. The lowest BCUT2D eigenvalue weighted by atomic mass is 9.91. The van der Waals surface area contributed by atoms with Gasteiger partial charge in [-0.25, -0.2) is 0 Å². The minimum atomic E-state index is -0.102. The predicted molar refractivity (Wildman–Crippen MR) is 65.0 cm³/mol. The number of hydrogen-bond donors (Lipinski definition) is 2. The second kappa shape index (κ2) is 7.24. The van der Waals surface area contributed by atoms with Gasteiger partial charge in [-0.2, -0.15) is 0 Å². The molecule has 0 aromatic rings. The lowest BCUT2D eigenvalue weighted by molar-refractivity contribution is 0.0832. The van der Waals surface area contributed by atoms with Gasteiger partial charge in [0.25, 0.3) is 0 Å². The first-order valence-electron chi connectivity index (χ1n) is 6.72. The van der Waals surface area contributed by atoms with Crippen molar-refractivity contribution in [3.63, 3.8) is 0 Å². The Hall–Kier alpha value is -0.0800. The summed E-state index contributed by atoms with van der Waals surface area (Å²) in [6, 6.07) is 0.986. The van der Waals surface area contributed by atoms with E-state index in [0.29, 0.717) is 12.1 Å². The van der Waals surface area contributed by atoms with E-state index >= 15 is 0 Å². The van der Waals surface area contributed by atoms with E-state index in [0.717, 1.165) is 12.8 Å². The van der Waals surface area contributed by atoms with Gasteiger partial charge in [-0.05, 0) is 25.7 Å². The highest BCUT2D eigenvalue weighted by molar-refractivity contribution is 4.83. The third kappa shape index (κ3) is 4.52. The van der Waals surface area contributed by atoms with E-state index in [-0.39, 0.29) is 6.10 Å². The normalized spacial score (nSPS) is 27.2. The van der Waals surface area contributed by atoms with Crippen LogP contribution in [-0.2, 0) is 0 Å². The van der Waals surface area contributed by atoms with E-state index < -0.39 is 0 Å². The van der Waals surface area contributed by atoms with E-state index in [2.05, 4.69) is 19.2 Å². The summed E-state index contributed by atoms with van der Waals surface area (Å²) < 4.78 is 0. The van der Waals surface area contributed by atoms with Crippen LogP contribution < -0.4 is 5.32 Å². The Balaban J connectivity index is 2.33. The molecule has 0 spiro atoms. The summed E-state index contributed by atoms with van der Waals surface area (Å²) in [5.74, 6) is 0. The summed E-state index contributed by atoms with van der Waals surface area (Å²) in [4.78, 5) is 0. The molecule has 0 amide bonds. The number of nitrogens with one attached hydrogen (secondary N) is 1. The van der Waals surface area contributed by atoms with E-state index in [1.165, 1.54) is 38.5 Å². The molecule has 0 bridgehead atoms. The van der Waals surface area contributed by atoms with E-state index in [1.807, 2.05) is 0 Å². The second-order valence-corrected chi connectivity index (χ2v) is 4.90. The first-order valence-corrected chi connectivity index (χ1v) is 6.72. The molecule has 2 atom stereocenters. The molecular formula is C13H27NO. The van der Waals surface area contributed by atoms with Gasteiger partial charge in [0.2, 0.25) is 0 Å². The van der Waals surface area contributed by atoms with Crippen LogP contribution in [-0.4, -0.2) is 23.3 Å². The summed E-state index contributed by atoms with van der Waals surface area (Å²) >= 11 is 0. The number of rotatable bonds is 6. The first kappa shape index (κ1) is 13.0. The Kier molecular flexibility index (Phi) is 6.26. The van der Waals surface area contributed by atoms with Crippen molar-refractivity contribution in [1.29, 1.82) is 0 Å². The minimum absolute atomic E-state index is 0.102. The Labute approximate surface area is 94.5 Å². The van der Waals surface area contributed by atoms with Crippen molar-refractivity contribution in [2.24, 2.45) is 0 Å². The lowest BCUT2D eigenvalue weighted by Crippen LogP contribution is -2.47. The Morgan fingerprint density at radius 3 is 2.27 bits per heavy atom. The van der Waals surface area contributed by atoms with Crippen LogP contribution >= 0.6 is 0 Å². The standard InChI is InChI=1S/C13H27NO/c1-3-7-11(8-4-2)14-12-9-5-6-10-13(12)15/h11-15H,3-10H2,1-2H3/t12-,13+/m0/s1. The van der Waals surface area contributed by atoms with Crippen molar-refractivity contribution in [1.82, 2.24) is 5.32 Å². The molecular weight excluding hydrogens is 186 g/mol. The molecule has 1 fully saturated rings. The third-order valence-electron chi connectivity index (χ3n) is 3.45. The molecule has 0 unspecified atom stereocenters. The van der Waals surface area contributed by atoms with E-state index in [9.17, 15) is 5.11 Å². The van der Waals surface area contributed by atoms with Crippen molar-refractivity contribution in [2.45, 2.75) is 83.4 Å². The topological polar surface area (TPSA) is 32.3 Å². The molecule has 0 aromatic carbocycles. The summed E-state index contributed by atoms with van der Waals surface area (Å²) in [7, 11) is 0. The summed E-state index contributed by atoms with van der Waals surface area (Å²) in [5, 5.41) is 13.5. The number of hydrogen-bond acceptors (Lipinski definition) is 2. The molecule has 0 radical (unpaired) electrons. The van der Waals surface area contributed by atoms with Gasteiger partial charge < -0.3 is 10.4 Å². The molecule has 2 nitrogen and oxygen atoms in total. The highest BCUT2D eigenvalue weighted by atomic mass is 16.3. The fourth-order valence-electron chi connectivity index (χ4n) is 2.62. The van der Waals surface area contributed by atoms with Crippen molar-refractivity contribution < 1.29 is 5.11 Å².